The van der Waals surface area contributed by atoms with Crippen LogP contribution in [0.4, 0.5) is 0 Å². The maximum atomic E-state index is 12.8. The third-order valence-electron chi connectivity index (χ3n) is 4.01. The number of halogens is 1. The topological polar surface area (TPSA) is 55.1 Å². The van der Waals surface area contributed by atoms with Gasteiger partial charge in [0.05, 0.1) is 32.5 Å². The van der Waals surface area contributed by atoms with Crippen molar-refractivity contribution >= 4 is 39.7 Å². The summed E-state index contributed by atoms with van der Waals surface area (Å²) >= 11 is 7.49. The molecule has 0 aliphatic heterocycles. The molecule has 0 fully saturated rings. The van der Waals surface area contributed by atoms with E-state index in [4.69, 9.17) is 16.0 Å². The molecule has 0 saturated carbocycles. The smallest absolute Gasteiger partial charge is 0.252 e. The van der Waals surface area contributed by atoms with Gasteiger partial charge in [-0.1, -0.05) is 29.8 Å². The van der Waals surface area contributed by atoms with Crippen LogP contribution in [0.1, 0.15) is 21.9 Å². The van der Waals surface area contributed by atoms with Crippen molar-refractivity contribution in [1.82, 2.24) is 10.3 Å². The molecular weight excluding hydrogens is 368 g/mol. The Morgan fingerprint density at radius 1 is 1.19 bits per heavy atom. The fourth-order valence-corrected chi connectivity index (χ4v) is 3.79. The molecule has 0 bridgehead atoms. The molecule has 1 aromatic carbocycles. The zero-order chi connectivity index (χ0) is 18.1. The molecule has 0 saturated heterocycles. The summed E-state index contributed by atoms with van der Waals surface area (Å²) in [4.78, 5) is 18.4. The van der Waals surface area contributed by atoms with E-state index in [1.165, 1.54) is 11.3 Å². The molecule has 3 heterocycles. The molecule has 6 heteroatoms. The average molecular weight is 383 g/mol. The number of thiophene rings is 1. The summed E-state index contributed by atoms with van der Waals surface area (Å²) < 4.78 is 6.20. The molecular formula is C20H15ClN2O2S. The Hall–Kier alpha value is -2.63. The number of amides is 1. The summed E-state index contributed by atoms with van der Waals surface area (Å²) in [5.41, 5.74) is 2.09. The first-order valence-electron chi connectivity index (χ1n) is 8.09. The fourth-order valence-electron chi connectivity index (χ4n) is 2.78. The SMILES string of the molecule is Cc1ccc(CNC(=O)c2cc(-c3ccc(Cl)s3)nc3ccccc23)o1. The van der Waals surface area contributed by atoms with Crippen LogP contribution >= 0.6 is 22.9 Å². The molecule has 0 aliphatic rings. The maximum Gasteiger partial charge on any atom is 0.252 e. The second-order valence-electron chi connectivity index (χ2n) is 5.87. The Kier molecular flexibility index (Phi) is 4.49. The largest absolute Gasteiger partial charge is 0.465 e. The Morgan fingerprint density at radius 3 is 2.77 bits per heavy atom. The van der Waals surface area contributed by atoms with E-state index in [0.717, 1.165) is 33.0 Å². The van der Waals surface area contributed by atoms with Crippen LogP contribution in [0.25, 0.3) is 21.5 Å². The molecule has 0 atom stereocenters. The van der Waals surface area contributed by atoms with Gasteiger partial charge in [0, 0.05) is 5.39 Å². The molecule has 0 unspecified atom stereocenters. The number of nitrogens with one attached hydrogen (secondary N) is 1. The van der Waals surface area contributed by atoms with Crippen molar-refractivity contribution in [1.29, 1.82) is 0 Å². The van der Waals surface area contributed by atoms with Crippen molar-refractivity contribution in [3.63, 3.8) is 0 Å². The second kappa shape index (κ2) is 6.94. The van der Waals surface area contributed by atoms with Crippen LogP contribution in [0.15, 0.2) is 59.0 Å². The number of nitrogens with zero attached hydrogens (tertiary/aromatic N) is 1. The number of carbonyl (C=O) groups excluding carboxylic acids is 1. The molecule has 3 aromatic heterocycles. The summed E-state index contributed by atoms with van der Waals surface area (Å²) in [5.74, 6) is 1.38. The minimum Gasteiger partial charge on any atom is -0.465 e. The van der Waals surface area contributed by atoms with Gasteiger partial charge in [-0.25, -0.2) is 4.98 Å². The number of benzene rings is 1. The highest BCUT2D eigenvalue weighted by atomic mass is 35.5. The van der Waals surface area contributed by atoms with Crippen LogP contribution in [-0.2, 0) is 6.54 Å². The number of hydrogen-bond donors (Lipinski definition) is 1. The Morgan fingerprint density at radius 2 is 2.04 bits per heavy atom. The zero-order valence-electron chi connectivity index (χ0n) is 14.0. The molecule has 4 aromatic rings. The van der Waals surface area contributed by atoms with Crippen molar-refractivity contribution in [2.24, 2.45) is 0 Å². The number of para-hydroxylation sites is 1. The van der Waals surface area contributed by atoms with Gasteiger partial charge in [0.2, 0.25) is 0 Å². The standard InChI is InChI=1S/C20H15ClN2O2S/c1-12-6-7-13(25-12)11-22-20(24)15-10-17(18-8-9-19(21)26-18)23-16-5-3-2-4-14(15)16/h2-10H,11H2,1H3,(H,22,24). The molecule has 0 radical (unpaired) electrons. The summed E-state index contributed by atoms with van der Waals surface area (Å²) in [7, 11) is 0. The first kappa shape index (κ1) is 16.8. The van der Waals surface area contributed by atoms with Crippen LogP contribution < -0.4 is 5.32 Å². The number of furan rings is 1. The molecule has 4 nitrogen and oxygen atoms in total. The van der Waals surface area contributed by atoms with Gasteiger partial charge in [0.15, 0.2) is 0 Å². The average Bonchev–Trinajstić information content (AvgIpc) is 3.27. The Labute approximate surface area is 159 Å². The van der Waals surface area contributed by atoms with E-state index >= 15 is 0 Å². The van der Waals surface area contributed by atoms with Crippen molar-refractivity contribution in [3.8, 4) is 10.6 Å². The van der Waals surface area contributed by atoms with E-state index in [1.807, 2.05) is 61.5 Å². The van der Waals surface area contributed by atoms with Gasteiger partial charge in [-0.15, -0.1) is 11.3 Å². The lowest BCUT2D eigenvalue weighted by molar-refractivity contribution is 0.0949. The highest BCUT2D eigenvalue weighted by molar-refractivity contribution is 7.19. The highest BCUT2D eigenvalue weighted by Gasteiger charge is 2.15. The normalized spacial score (nSPS) is 11.0. The third kappa shape index (κ3) is 3.36. The number of aromatic nitrogens is 1. The van der Waals surface area contributed by atoms with Crippen molar-refractivity contribution in [2.75, 3.05) is 0 Å². The molecule has 130 valence electrons. The highest BCUT2D eigenvalue weighted by Crippen LogP contribution is 2.32. The molecule has 26 heavy (non-hydrogen) atoms. The third-order valence-corrected chi connectivity index (χ3v) is 5.26. The van der Waals surface area contributed by atoms with E-state index in [1.54, 1.807) is 0 Å². The first-order chi connectivity index (χ1) is 12.6. The number of carbonyl (C=O) groups is 1. The number of fused-ring (bicyclic) bond motifs is 1. The quantitative estimate of drug-likeness (QED) is 0.510. The zero-order valence-corrected chi connectivity index (χ0v) is 15.5. The molecule has 4 rings (SSSR count). The van der Waals surface area contributed by atoms with Gasteiger partial charge in [0.1, 0.15) is 11.5 Å². The Bertz CT molecular complexity index is 1100. The minimum absolute atomic E-state index is 0.165. The lowest BCUT2D eigenvalue weighted by Gasteiger charge is -2.09. The summed E-state index contributed by atoms with van der Waals surface area (Å²) in [6.45, 7) is 2.21. The molecule has 0 aliphatic carbocycles. The van der Waals surface area contributed by atoms with Gasteiger partial charge < -0.3 is 9.73 Å². The maximum absolute atomic E-state index is 12.8. The van der Waals surface area contributed by atoms with Gasteiger partial charge >= 0.3 is 0 Å². The lowest BCUT2D eigenvalue weighted by atomic mass is 10.1. The summed E-state index contributed by atoms with van der Waals surface area (Å²) in [5, 5.41) is 3.73. The van der Waals surface area contributed by atoms with Crippen LogP contribution in [-0.4, -0.2) is 10.9 Å². The number of pyridine rings is 1. The van der Waals surface area contributed by atoms with Crippen molar-refractivity contribution in [3.05, 3.63) is 76.0 Å². The van der Waals surface area contributed by atoms with Gasteiger partial charge in [0.25, 0.3) is 5.91 Å². The molecule has 1 amide bonds. The predicted molar refractivity (Wildman–Crippen MR) is 105 cm³/mol. The van der Waals surface area contributed by atoms with E-state index in [9.17, 15) is 4.79 Å². The fraction of sp³-hybridized carbons (Fsp3) is 0.100. The van der Waals surface area contributed by atoms with E-state index in [-0.39, 0.29) is 5.91 Å². The second-order valence-corrected chi connectivity index (χ2v) is 7.59. The van der Waals surface area contributed by atoms with Gasteiger partial charge in [-0.2, -0.15) is 0 Å². The van der Waals surface area contributed by atoms with E-state index in [0.29, 0.717) is 16.4 Å². The molecule has 0 spiro atoms. The summed E-state index contributed by atoms with van der Waals surface area (Å²) in [6, 6.07) is 16.9. The van der Waals surface area contributed by atoms with Gasteiger partial charge in [-0.05, 0) is 43.3 Å². The van der Waals surface area contributed by atoms with Crippen LogP contribution in [0, 0.1) is 6.92 Å². The van der Waals surface area contributed by atoms with Crippen molar-refractivity contribution < 1.29 is 9.21 Å². The molecule has 1 N–H and O–H groups in total. The first-order valence-corrected chi connectivity index (χ1v) is 9.28. The number of aryl methyl sites for hydroxylation is 1. The number of hydrogen-bond acceptors (Lipinski definition) is 4. The number of rotatable bonds is 4. The van der Waals surface area contributed by atoms with Crippen molar-refractivity contribution in [2.45, 2.75) is 13.5 Å². The van der Waals surface area contributed by atoms with Crippen LogP contribution in [0.3, 0.4) is 0 Å². The summed E-state index contributed by atoms with van der Waals surface area (Å²) in [6.07, 6.45) is 0. The van der Waals surface area contributed by atoms with E-state index in [2.05, 4.69) is 10.3 Å². The minimum atomic E-state index is -0.165. The Balaban J connectivity index is 1.71. The predicted octanol–water partition coefficient (Wildman–Crippen LogP) is 5.45. The van der Waals surface area contributed by atoms with Crippen LogP contribution in [0.5, 0.6) is 0 Å². The van der Waals surface area contributed by atoms with Crippen LogP contribution in [0.2, 0.25) is 4.34 Å². The monoisotopic (exact) mass is 382 g/mol. The van der Waals surface area contributed by atoms with Gasteiger partial charge in [-0.3, -0.25) is 4.79 Å². The van der Waals surface area contributed by atoms with E-state index < -0.39 is 0 Å². The lowest BCUT2D eigenvalue weighted by Crippen LogP contribution is -2.23.